The van der Waals surface area contributed by atoms with Crippen LogP contribution >= 0.6 is 7.45 Å². The average Bonchev–Trinajstić information content (AvgIpc) is 1.97. The van der Waals surface area contributed by atoms with Crippen LogP contribution in [0.1, 0.15) is 39.5 Å². The Hall–Kier alpha value is 0.160. The third-order valence-corrected chi connectivity index (χ3v) is 3.66. The fourth-order valence-electron chi connectivity index (χ4n) is 0.900. The Morgan fingerprint density at radius 2 is 1.45 bits per heavy atom. The molecule has 0 aliphatic carbocycles. The van der Waals surface area contributed by atoms with Gasteiger partial charge in [0.25, 0.3) is 0 Å². The molecular weight excluding hydrogens is 162 g/mol. The zero-order valence-corrected chi connectivity index (χ0v) is 8.37. The van der Waals surface area contributed by atoms with Crippen molar-refractivity contribution in [3.63, 3.8) is 0 Å². The van der Waals surface area contributed by atoms with Crippen molar-refractivity contribution in [2.24, 2.45) is 0 Å². The van der Waals surface area contributed by atoms with Crippen LogP contribution in [-0.2, 0) is 4.57 Å². The molecule has 0 bridgehead atoms. The molecule has 0 N–H and O–H groups in total. The van der Waals surface area contributed by atoms with Crippen LogP contribution in [0.4, 0.5) is 4.20 Å². The molecule has 0 aromatic heterocycles. The highest BCUT2D eigenvalue weighted by Crippen LogP contribution is 2.48. The molecule has 0 radical (unpaired) electrons. The number of hydrogen-bond donors (Lipinski definition) is 0. The first-order valence-electron chi connectivity index (χ1n) is 4.40. The zero-order valence-electron chi connectivity index (χ0n) is 7.48. The summed E-state index contributed by atoms with van der Waals surface area (Å²) in [5.74, 6) is 0. The van der Waals surface area contributed by atoms with E-state index < -0.39 is 7.45 Å². The number of unbranched alkanes of at least 4 members (excludes halogenated alkanes) is 2. The lowest BCUT2D eigenvalue weighted by molar-refractivity contribution is 0.534. The van der Waals surface area contributed by atoms with E-state index in [1.54, 1.807) is 0 Å². The van der Waals surface area contributed by atoms with Gasteiger partial charge in [0.05, 0.1) is 0 Å². The van der Waals surface area contributed by atoms with Crippen LogP contribution in [0.3, 0.4) is 0 Å². The molecule has 0 aliphatic rings. The molecule has 0 spiro atoms. The normalized spacial score (nSPS) is 11.9. The molecule has 11 heavy (non-hydrogen) atoms. The quantitative estimate of drug-likeness (QED) is 0.567. The predicted octanol–water partition coefficient (Wildman–Crippen LogP) is 3.83. The van der Waals surface area contributed by atoms with Gasteiger partial charge in [0, 0.05) is 12.3 Å². The molecule has 1 nitrogen and oxygen atoms in total. The van der Waals surface area contributed by atoms with Crippen LogP contribution in [-0.4, -0.2) is 12.3 Å². The van der Waals surface area contributed by atoms with Crippen molar-refractivity contribution in [2.75, 3.05) is 12.3 Å². The van der Waals surface area contributed by atoms with Gasteiger partial charge in [0.15, 0.2) is 0 Å². The highest BCUT2D eigenvalue weighted by atomic mass is 31.2. The zero-order chi connectivity index (χ0) is 8.74. The molecule has 68 valence electrons. The molecule has 0 amide bonds. The predicted molar refractivity (Wildman–Crippen MR) is 48.3 cm³/mol. The molecule has 3 heteroatoms. The van der Waals surface area contributed by atoms with E-state index in [2.05, 4.69) is 0 Å². The Morgan fingerprint density at radius 1 is 1.09 bits per heavy atom. The van der Waals surface area contributed by atoms with E-state index >= 15 is 0 Å². The fourth-order valence-corrected chi connectivity index (χ4v) is 2.70. The van der Waals surface area contributed by atoms with Gasteiger partial charge < -0.3 is 0 Å². The molecule has 0 aliphatic heterocycles. The molecule has 0 atom stereocenters. The maximum atomic E-state index is 13.0. The largest absolute Gasteiger partial charge is 0.288 e. The second-order valence-corrected chi connectivity index (χ2v) is 5.42. The van der Waals surface area contributed by atoms with E-state index in [1.807, 2.05) is 13.8 Å². The lowest BCUT2D eigenvalue weighted by Gasteiger charge is -2.06. The first kappa shape index (κ1) is 11.2. The summed E-state index contributed by atoms with van der Waals surface area (Å²) in [4.78, 5) is 0. The van der Waals surface area contributed by atoms with Crippen LogP contribution < -0.4 is 0 Å². The molecule has 0 saturated carbocycles. The van der Waals surface area contributed by atoms with Gasteiger partial charge in [-0.3, -0.25) is 4.57 Å². The van der Waals surface area contributed by atoms with E-state index in [-0.39, 0.29) is 0 Å². The molecule has 0 rings (SSSR count). The highest BCUT2D eigenvalue weighted by molar-refractivity contribution is 7.58. The van der Waals surface area contributed by atoms with Crippen molar-refractivity contribution in [2.45, 2.75) is 39.5 Å². The number of hydrogen-bond acceptors (Lipinski definition) is 1. The van der Waals surface area contributed by atoms with Gasteiger partial charge in [0.2, 0.25) is 7.45 Å². The van der Waals surface area contributed by atoms with Crippen LogP contribution in [0.25, 0.3) is 0 Å². The van der Waals surface area contributed by atoms with E-state index in [0.717, 1.165) is 25.7 Å². The SMILES string of the molecule is CCCCP(=O)(F)CCCC. The minimum absolute atomic E-state index is 0.295. The van der Waals surface area contributed by atoms with Gasteiger partial charge in [-0.2, -0.15) is 4.20 Å². The monoisotopic (exact) mass is 180 g/mol. The molecule has 0 aromatic rings. The van der Waals surface area contributed by atoms with Crippen LogP contribution in [0.5, 0.6) is 0 Å². The van der Waals surface area contributed by atoms with E-state index in [1.165, 1.54) is 0 Å². The molecule has 0 heterocycles. The van der Waals surface area contributed by atoms with Crippen molar-refractivity contribution < 1.29 is 8.76 Å². The summed E-state index contributed by atoms with van der Waals surface area (Å²) in [5, 5.41) is 0. The summed E-state index contributed by atoms with van der Waals surface area (Å²) in [5.41, 5.74) is 0. The van der Waals surface area contributed by atoms with E-state index in [9.17, 15) is 8.76 Å². The van der Waals surface area contributed by atoms with Gasteiger partial charge in [-0.15, -0.1) is 0 Å². The molecule has 0 saturated heterocycles. The van der Waals surface area contributed by atoms with Crippen LogP contribution in [0.2, 0.25) is 0 Å². The van der Waals surface area contributed by atoms with Crippen molar-refractivity contribution in [3.05, 3.63) is 0 Å². The standard InChI is InChI=1S/C8H18FOP/c1-3-5-7-11(9,10)8-6-4-2/h3-8H2,1-2H3. The lowest BCUT2D eigenvalue weighted by Crippen LogP contribution is -1.90. The number of halogens is 1. The second-order valence-electron chi connectivity index (χ2n) is 2.94. The summed E-state index contributed by atoms with van der Waals surface area (Å²) in [6, 6.07) is 0. The summed E-state index contributed by atoms with van der Waals surface area (Å²) in [7, 11) is -3.23. The summed E-state index contributed by atoms with van der Waals surface area (Å²) < 4.78 is 24.1. The van der Waals surface area contributed by atoms with Gasteiger partial charge in [-0.1, -0.05) is 26.7 Å². The van der Waals surface area contributed by atoms with Crippen molar-refractivity contribution in [1.82, 2.24) is 0 Å². The average molecular weight is 180 g/mol. The van der Waals surface area contributed by atoms with Gasteiger partial charge >= 0.3 is 0 Å². The van der Waals surface area contributed by atoms with Crippen LogP contribution in [0, 0.1) is 0 Å². The third kappa shape index (κ3) is 6.55. The van der Waals surface area contributed by atoms with Gasteiger partial charge in [-0.05, 0) is 12.8 Å². The Morgan fingerprint density at radius 3 is 1.73 bits per heavy atom. The Labute approximate surface area is 68.9 Å². The fraction of sp³-hybridized carbons (Fsp3) is 1.00. The first-order chi connectivity index (χ1) is 5.12. The van der Waals surface area contributed by atoms with Crippen molar-refractivity contribution in [3.8, 4) is 0 Å². The molecule has 0 aromatic carbocycles. The minimum Gasteiger partial charge on any atom is -0.288 e. The van der Waals surface area contributed by atoms with Crippen molar-refractivity contribution in [1.29, 1.82) is 0 Å². The van der Waals surface area contributed by atoms with Gasteiger partial charge in [-0.25, -0.2) is 0 Å². The summed E-state index contributed by atoms with van der Waals surface area (Å²) in [6.45, 7) is 3.97. The molecule has 0 unspecified atom stereocenters. The molecule has 0 fully saturated rings. The third-order valence-electron chi connectivity index (χ3n) is 1.69. The smallest absolute Gasteiger partial charge is 0.244 e. The van der Waals surface area contributed by atoms with Gasteiger partial charge in [0.1, 0.15) is 0 Å². The second kappa shape index (κ2) is 5.77. The van der Waals surface area contributed by atoms with Crippen LogP contribution in [0.15, 0.2) is 0 Å². The number of rotatable bonds is 6. The maximum Gasteiger partial charge on any atom is 0.244 e. The molecular formula is C8H18FOP. The minimum atomic E-state index is -3.23. The lowest BCUT2D eigenvalue weighted by atomic mass is 10.4. The maximum absolute atomic E-state index is 13.0. The Bertz CT molecular complexity index is 124. The van der Waals surface area contributed by atoms with E-state index in [0.29, 0.717) is 12.3 Å². The van der Waals surface area contributed by atoms with Crippen molar-refractivity contribution >= 4 is 7.45 Å². The Kier molecular flexibility index (Phi) is 5.85. The van der Waals surface area contributed by atoms with E-state index in [4.69, 9.17) is 0 Å². The summed E-state index contributed by atoms with van der Waals surface area (Å²) in [6.07, 6.45) is 3.97. The highest BCUT2D eigenvalue weighted by Gasteiger charge is 2.18. The topological polar surface area (TPSA) is 17.1 Å². The Balaban J connectivity index is 3.53. The first-order valence-corrected chi connectivity index (χ1v) is 6.37. The summed E-state index contributed by atoms with van der Waals surface area (Å²) >= 11 is 0.